The molecule has 0 bridgehead atoms. The Balaban J connectivity index is 2.99. The lowest BCUT2D eigenvalue weighted by Crippen LogP contribution is -2.06. The fourth-order valence-corrected chi connectivity index (χ4v) is 1.86. The zero-order valence-corrected chi connectivity index (χ0v) is 12.2. The highest BCUT2D eigenvalue weighted by atomic mass is 16.5. The molecule has 0 saturated heterocycles. The Morgan fingerprint density at radius 3 is 2.63 bits per heavy atom. The third-order valence-electron chi connectivity index (χ3n) is 2.95. The maximum Gasteiger partial charge on any atom is 0.164 e. The van der Waals surface area contributed by atoms with E-state index in [1.54, 1.807) is 7.11 Å². The van der Waals surface area contributed by atoms with Crippen LogP contribution in [0.5, 0.6) is 11.5 Å². The van der Waals surface area contributed by atoms with Crippen molar-refractivity contribution >= 4 is 0 Å². The molecule has 0 aliphatic rings. The van der Waals surface area contributed by atoms with Gasteiger partial charge in [0.25, 0.3) is 0 Å². The van der Waals surface area contributed by atoms with Gasteiger partial charge in [-0.3, -0.25) is 0 Å². The highest BCUT2D eigenvalue weighted by molar-refractivity contribution is 5.50. The molecule has 0 aliphatic carbocycles. The van der Waals surface area contributed by atoms with Crippen molar-refractivity contribution in [1.29, 1.82) is 0 Å². The Bertz CT molecular complexity index is 413. The summed E-state index contributed by atoms with van der Waals surface area (Å²) in [6.07, 6.45) is 3.64. The van der Waals surface area contributed by atoms with Crippen molar-refractivity contribution in [2.45, 2.75) is 33.2 Å². The molecule has 1 rings (SSSR count). The van der Waals surface area contributed by atoms with Crippen LogP contribution in [0.4, 0.5) is 0 Å². The summed E-state index contributed by atoms with van der Waals surface area (Å²) in [7, 11) is 1.66. The minimum absolute atomic E-state index is 0.493. The summed E-state index contributed by atoms with van der Waals surface area (Å²) in [5.41, 5.74) is 7.83. The molecule has 0 atom stereocenters. The van der Waals surface area contributed by atoms with Crippen LogP contribution in [-0.2, 0) is 13.0 Å². The Hall–Kier alpha value is -1.48. The van der Waals surface area contributed by atoms with Gasteiger partial charge < -0.3 is 15.2 Å². The van der Waals surface area contributed by atoms with Crippen LogP contribution in [0, 0.1) is 5.92 Å². The molecule has 0 saturated carbocycles. The van der Waals surface area contributed by atoms with Gasteiger partial charge in [-0.2, -0.15) is 0 Å². The van der Waals surface area contributed by atoms with E-state index in [0.29, 0.717) is 19.1 Å². The van der Waals surface area contributed by atoms with Gasteiger partial charge in [0.1, 0.15) is 0 Å². The fraction of sp³-hybridized carbons (Fsp3) is 0.500. The minimum atomic E-state index is 0.493. The SMILES string of the molecule is C=CCc1cc(CN)cc(OC)c1OCCC(C)C. The average molecular weight is 263 g/mol. The second-order valence-electron chi connectivity index (χ2n) is 5.01. The molecule has 106 valence electrons. The molecule has 3 nitrogen and oxygen atoms in total. The number of benzene rings is 1. The Labute approximate surface area is 116 Å². The molecule has 0 fully saturated rings. The van der Waals surface area contributed by atoms with Crippen molar-refractivity contribution in [3.05, 3.63) is 35.9 Å². The largest absolute Gasteiger partial charge is 0.493 e. The molecule has 3 heteroatoms. The van der Waals surface area contributed by atoms with Crippen molar-refractivity contribution in [2.24, 2.45) is 11.7 Å². The first-order valence-electron chi connectivity index (χ1n) is 6.75. The van der Waals surface area contributed by atoms with Crippen LogP contribution in [0.25, 0.3) is 0 Å². The topological polar surface area (TPSA) is 44.5 Å². The van der Waals surface area contributed by atoms with Gasteiger partial charge >= 0.3 is 0 Å². The van der Waals surface area contributed by atoms with Crippen LogP contribution in [-0.4, -0.2) is 13.7 Å². The Morgan fingerprint density at radius 2 is 2.11 bits per heavy atom. The molecule has 0 aromatic heterocycles. The molecule has 1 aromatic rings. The van der Waals surface area contributed by atoms with E-state index in [1.165, 1.54) is 0 Å². The maximum atomic E-state index is 5.91. The van der Waals surface area contributed by atoms with Gasteiger partial charge in [0, 0.05) is 12.1 Å². The van der Waals surface area contributed by atoms with E-state index in [-0.39, 0.29) is 0 Å². The highest BCUT2D eigenvalue weighted by Crippen LogP contribution is 2.33. The zero-order chi connectivity index (χ0) is 14.3. The van der Waals surface area contributed by atoms with Crippen LogP contribution < -0.4 is 15.2 Å². The molecule has 0 amide bonds. The summed E-state index contributed by atoms with van der Waals surface area (Å²) in [6.45, 7) is 9.34. The summed E-state index contributed by atoms with van der Waals surface area (Å²) in [6, 6.07) is 4.01. The van der Waals surface area contributed by atoms with E-state index in [0.717, 1.165) is 35.5 Å². The van der Waals surface area contributed by atoms with Crippen molar-refractivity contribution < 1.29 is 9.47 Å². The first-order valence-corrected chi connectivity index (χ1v) is 6.75. The first kappa shape index (κ1) is 15.6. The Morgan fingerprint density at radius 1 is 1.37 bits per heavy atom. The average Bonchev–Trinajstić information content (AvgIpc) is 2.39. The van der Waals surface area contributed by atoms with Gasteiger partial charge in [0.05, 0.1) is 13.7 Å². The van der Waals surface area contributed by atoms with Crippen molar-refractivity contribution in [1.82, 2.24) is 0 Å². The highest BCUT2D eigenvalue weighted by Gasteiger charge is 2.12. The third kappa shape index (κ3) is 4.60. The molecule has 19 heavy (non-hydrogen) atoms. The number of methoxy groups -OCH3 is 1. The predicted octanol–water partition coefficient (Wildman–Crippen LogP) is 3.31. The molecule has 0 radical (unpaired) electrons. The van der Waals surface area contributed by atoms with E-state index in [2.05, 4.69) is 26.5 Å². The molecule has 0 unspecified atom stereocenters. The van der Waals surface area contributed by atoms with E-state index in [1.807, 2.05) is 12.1 Å². The monoisotopic (exact) mass is 263 g/mol. The molecule has 0 aliphatic heterocycles. The van der Waals surface area contributed by atoms with Gasteiger partial charge in [-0.25, -0.2) is 0 Å². The second-order valence-corrected chi connectivity index (χ2v) is 5.01. The van der Waals surface area contributed by atoms with Gasteiger partial charge in [0.15, 0.2) is 11.5 Å². The summed E-state index contributed by atoms with van der Waals surface area (Å²) in [4.78, 5) is 0. The van der Waals surface area contributed by atoms with Crippen LogP contribution in [0.1, 0.15) is 31.4 Å². The van der Waals surface area contributed by atoms with E-state index < -0.39 is 0 Å². The zero-order valence-electron chi connectivity index (χ0n) is 12.2. The van der Waals surface area contributed by atoms with Gasteiger partial charge in [0.2, 0.25) is 0 Å². The molecule has 0 spiro atoms. The number of ether oxygens (including phenoxy) is 2. The lowest BCUT2D eigenvalue weighted by Gasteiger charge is -2.16. The second kappa shape index (κ2) is 7.85. The molecule has 0 heterocycles. The molecular formula is C16H25NO2. The van der Waals surface area contributed by atoms with Gasteiger partial charge in [-0.1, -0.05) is 26.0 Å². The standard InChI is InChI=1S/C16H25NO2/c1-5-6-14-9-13(11-17)10-15(18-4)16(14)19-8-7-12(2)3/h5,9-10,12H,1,6-8,11,17H2,2-4H3. The van der Waals surface area contributed by atoms with Gasteiger partial charge in [-0.05, 0) is 30.4 Å². The summed E-state index contributed by atoms with van der Waals surface area (Å²) in [5.74, 6) is 2.20. The summed E-state index contributed by atoms with van der Waals surface area (Å²) < 4.78 is 11.3. The number of rotatable bonds is 8. The lowest BCUT2D eigenvalue weighted by atomic mass is 10.1. The van der Waals surface area contributed by atoms with Crippen LogP contribution >= 0.6 is 0 Å². The maximum absolute atomic E-state index is 5.91. The van der Waals surface area contributed by atoms with Crippen molar-refractivity contribution in [3.63, 3.8) is 0 Å². The van der Waals surface area contributed by atoms with Gasteiger partial charge in [-0.15, -0.1) is 6.58 Å². The van der Waals surface area contributed by atoms with Crippen molar-refractivity contribution in [2.75, 3.05) is 13.7 Å². The fourth-order valence-electron chi connectivity index (χ4n) is 1.86. The van der Waals surface area contributed by atoms with E-state index >= 15 is 0 Å². The third-order valence-corrected chi connectivity index (χ3v) is 2.95. The van der Waals surface area contributed by atoms with Crippen LogP contribution in [0.15, 0.2) is 24.8 Å². The summed E-state index contributed by atoms with van der Waals surface area (Å²) in [5, 5.41) is 0. The smallest absolute Gasteiger partial charge is 0.164 e. The number of hydrogen-bond acceptors (Lipinski definition) is 3. The van der Waals surface area contributed by atoms with Crippen molar-refractivity contribution in [3.8, 4) is 11.5 Å². The number of allylic oxidation sites excluding steroid dienone is 1. The minimum Gasteiger partial charge on any atom is -0.493 e. The molecule has 1 aromatic carbocycles. The normalized spacial score (nSPS) is 10.6. The van der Waals surface area contributed by atoms with Crippen LogP contribution in [0.3, 0.4) is 0 Å². The summed E-state index contributed by atoms with van der Waals surface area (Å²) >= 11 is 0. The first-order chi connectivity index (χ1) is 9.12. The molecular weight excluding hydrogens is 238 g/mol. The Kier molecular flexibility index (Phi) is 6.43. The van der Waals surface area contributed by atoms with E-state index in [9.17, 15) is 0 Å². The number of hydrogen-bond donors (Lipinski definition) is 1. The number of nitrogens with two attached hydrogens (primary N) is 1. The lowest BCUT2D eigenvalue weighted by molar-refractivity contribution is 0.270. The van der Waals surface area contributed by atoms with E-state index in [4.69, 9.17) is 15.2 Å². The molecule has 2 N–H and O–H groups in total. The quantitative estimate of drug-likeness (QED) is 0.732. The predicted molar refractivity (Wildman–Crippen MR) is 79.7 cm³/mol. The van der Waals surface area contributed by atoms with Crippen LogP contribution in [0.2, 0.25) is 0 Å².